The van der Waals surface area contributed by atoms with E-state index in [2.05, 4.69) is 0 Å². The van der Waals surface area contributed by atoms with Crippen LogP contribution in [0, 0.1) is 6.92 Å². The average Bonchev–Trinajstić information content (AvgIpc) is 3.26. The Balaban J connectivity index is 2.00. The van der Waals surface area contributed by atoms with E-state index in [-0.39, 0.29) is 0 Å². The summed E-state index contributed by atoms with van der Waals surface area (Å²) in [6, 6.07) is 12.8. The average molecular weight is 391 g/mol. The standard InChI is InChI=1S/C19H22N2O3S2/c1-15-12-17(24-3)8-9-19(15)26(22,23)21(14-18-7-5-11-25-18)13-16-6-4-10-20(16)2/h4-12H,13-14H2,1-3H3. The summed E-state index contributed by atoms with van der Waals surface area (Å²) in [6.45, 7) is 2.45. The molecule has 2 heterocycles. The SMILES string of the molecule is COc1ccc(S(=O)(=O)N(Cc2cccs2)Cc2cccn2C)c(C)c1. The van der Waals surface area contributed by atoms with Gasteiger partial charge in [-0.05, 0) is 54.3 Å². The van der Waals surface area contributed by atoms with Gasteiger partial charge in [0.05, 0.1) is 18.6 Å². The van der Waals surface area contributed by atoms with Gasteiger partial charge in [-0.2, -0.15) is 4.31 Å². The Labute approximate surface area is 158 Å². The Bertz CT molecular complexity index is 976. The molecule has 3 rings (SSSR count). The predicted molar refractivity (Wildman–Crippen MR) is 104 cm³/mol. The van der Waals surface area contributed by atoms with Gasteiger partial charge in [-0.3, -0.25) is 0 Å². The highest BCUT2D eigenvalue weighted by Gasteiger charge is 2.27. The lowest BCUT2D eigenvalue weighted by Gasteiger charge is -2.23. The second-order valence-corrected chi connectivity index (χ2v) is 9.03. The molecule has 0 aliphatic rings. The maximum atomic E-state index is 13.4. The van der Waals surface area contributed by atoms with Crippen molar-refractivity contribution in [2.24, 2.45) is 7.05 Å². The second kappa shape index (κ2) is 7.65. The molecule has 7 heteroatoms. The van der Waals surface area contributed by atoms with Crippen LogP contribution in [-0.2, 0) is 30.2 Å². The van der Waals surface area contributed by atoms with Crippen LogP contribution in [0.5, 0.6) is 5.75 Å². The largest absolute Gasteiger partial charge is 0.497 e. The lowest BCUT2D eigenvalue weighted by atomic mass is 10.2. The molecule has 0 saturated carbocycles. The number of rotatable bonds is 7. The first kappa shape index (κ1) is 18.7. The van der Waals surface area contributed by atoms with Gasteiger partial charge in [-0.25, -0.2) is 8.42 Å². The van der Waals surface area contributed by atoms with Crippen LogP contribution in [0.2, 0.25) is 0 Å². The number of methoxy groups -OCH3 is 1. The van der Waals surface area contributed by atoms with Gasteiger partial charge in [-0.15, -0.1) is 11.3 Å². The van der Waals surface area contributed by atoms with Crippen molar-refractivity contribution in [3.63, 3.8) is 0 Å². The molecule has 5 nitrogen and oxygen atoms in total. The number of hydrogen-bond donors (Lipinski definition) is 0. The maximum Gasteiger partial charge on any atom is 0.244 e. The van der Waals surface area contributed by atoms with Gasteiger partial charge in [0.1, 0.15) is 5.75 Å². The van der Waals surface area contributed by atoms with Crippen molar-refractivity contribution in [2.45, 2.75) is 24.9 Å². The minimum absolute atomic E-state index is 0.309. The molecule has 26 heavy (non-hydrogen) atoms. The molecule has 0 saturated heterocycles. The number of benzene rings is 1. The highest BCUT2D eigenvalue weighted by Crippen LogP contribution is 2.27. The van der Waals surface area contributed by atoms with Crippen molar-refractivity contribution in [3.05, 3.63) is 70.2 Å². The zero-order valence-corrected chi connectivity index (χ0v) is 16.7. The van der Waals surface area contributed by atoms with Gasteiger partial charge in [-0.1, -0.05) is 6.07 Å². The fraction of sp³-hybridized carbons (Fsp3) is 0.263. The van der Waals surface area contributed by atoms with E-state index in [9.17, 15) is 8.42 Å². The van der Waals surface area contributed by atoms with Gasteiger partial charge in [0, 0.05) is 30.4 Å². The van der Waals surface area contributed by atoms with Crippen molar-refractivity contribution < 1.29 is 13.2 Å². The molecule has 138 valence electrons. The number of nitrogens with zero attached hydrogens (tertiary/aromatic N) is 2. The van der Waals surface area contributed by atoms with Crippen molar-refractivity contribution >= 4 is 21.4 Å². The third kappa shape index (κ3) is 3.85. The molecule has 0 unspecified atom stereocenters. The smallest absolute Gasteiger partial charge is 0.244 e. The maximum absolute atomic E-state index is 13.4. The lowest BCUT2D eigenvalue weighted by Crippen LogP contribution is -2.31. The molecule has 0 atom stereocenters. The van der Waals surface area contributed by atoms with Crippen LogP contribution in [-0.4, -0.2) is 24.4 Å². The molecule has 0 amide bonds. The first-order valence-corrected chi connectivity index (χ1v) is 10.5. The summed E-state index contributed by atoms with van der Waals surface area (Å²) < 4.78 is 35.5. The van der Waals surface area contributed by atoms with Crippen LogP contribution in [0.3, 0.4) is 0 Å². The molecule has 0 aliphatic carbocycles. The third-order valence-corrected chi connectivity index (χ3v) is 7.11. The monoisotopic (exact) mass is 390 g/mol. The molecular weight excluding hydrogens is 368 g/mol. The Hall–Kier alpha value is -2.09. The second-order valence-electron chi connectivity index (χ2n) is 6.09. The third-order valence-electron chi connectivity index (χ3n) is 4.30. The van der Waals surface area contributed by atoms with Crippen LogP contribution in [0.15, 0.2) is 58.9 Å². The number of ether oxygens (including phenoxy) is 1. The molecule has 0 spiro atoms. The molecular formula is C19H22N2O3S2. The molecule has 0 fully saturated rings. The summed E-state index contributed by atoms with van der Waals surface area (Å²) in [7, 11) is -0.163. The van der Waals surface area contributed by atoms with Crippen LogP contribution in [0.1, 0.15) is 16.1 Å². The fourth-order valence-corrected chi connectivity index (χ4v) is 5.22. The molecule has 0 bridgehead atoms. The number of aromatic nitrogens is 1. The van der Waals surface area contributed by atoms with E-state index in [4.69, 9.17) is 4.74 Å². The van der Waals surface area contributed by atoms with Gasteiger partial charge in [0.2, 0.25) is 10.0 Å². The number of sulfonamides is 1. The Morgan fingerprint density at radius 2 is 1.96 bits per heavy atom. The minimum Gasteiger partial charge on any atom is -0.497 e. The van der Waals surface area contributed by atoms with E-state index in [0.717, 1.165) is 10.6 Å². The van der Waals surface area contributed by atoms with E-state index in [0.29, 0.717) is 29.3 Å². The summed E-state index contributed by atoms with van der Waals surface area (Å²) in [5.41, 5.74) is 1.61. The molecule has 0 aliphatic heterocycles. The number of thiophene rings is 1. The highest BCUT2D eigenvalue weighted by atomic mass is 32.2. The van der Waals surface area contributed by atoms with Gasteiger partial charge >= 0.3 is 0 Å². The first-order chi connectivity index (χ1) is 12.4. The zero-order valence-electron chi connectivity index (χ0n) is 15.0. The molecule has 0 N–H and O–H groups in total. The van der Waals surface area contributed by atoms with Crippen LogP contribution in [0.4, 0.5) is 0 Å². The predicted octanol–water partition coefficient (Wildman–Crippen LogP) is 3.79. The van der Waals surface area contributed by atoms with E-state index in [1.165, 1.54) is 4.31 Å². The molecule has 2 aromatic heterocycles. The molecule has 1 aromatic carbocycles. The number of aryl methyl sites for hydroxylation is 2. The van der Waals surface area contributed by atoms with Crippen LogP contribution >= 0.6 is 11.3 Å². The molecule has 3 aromatic rings. The summed E-state index contributed by atoms with van der Waals surface area (Å²) in [5.74, 6) is 0.647. The first-order valence-electron chi connectivity index (χ1n) is 8.19. The quantitative estimate of drug-likeness (QED) is 0.617. The van der Waals surface area contributed by atoms with Crippen molar-refractivity contribution in [1.29, 1.82) is 0 Å². The summed E-state index contributed by atoms with van der Waals surface area (Å²) >= 11 is 1.56. The normalized spacial score (nSPS) is 11.8. The molecule has 0 radical (unpaired) electrons. The van der Waals surface area contributed by atoms with Crippen molar-refractivity contribution in [3.8, 4) is 5.75 Å². The summed E-state index contributed by atoms with van der Waals surface area (Å²) in [4.78, 5) is 1.32. The fourth-order valence-electron chi connectivity index (χ4n) is 2.82. The topological polar surface area (TPSA) is 51.5 Å². The van der Waals surface area contributed by atoms with E-state index >= 15 is 0 Å². The lowest BCUT2D eigenvalue weighted by molar-refractivity contribution is 0.394. The summed E-state index contributed by atoms with van der Waals surface area (Å²) in [5, 5.41) is 1.96. The van der Waals surface area contributed by atoms with Crippen LogP contribution in [0.25, 0.3) is 0 Å². The van der Waals surface area contributed by atoms with E-state index in [1.54, 1.807) is 43.6 Å². The van der Waals surface area contributed by atoms with E-state index < -0.39 is 10.0 Å². The summed E-state index contributed by atoms with van der Waals surface area (Å²) in [6.07, 6.45) is 1.92. The van der Waals surface area contributed by atoms with Gasteiger partial charge in [0.25, 0.3) is 0 Å². The number of hydrogen-bond acceptors (Lipinski definition) is 4. The minimum atomic E-state index is -3.65. The zero-order chi connectivity index (χ0) is 18.7. The van der Waals surface area contributed by atoms with E-state index in [1.807, 2.05) is 47.5 Å². The van der Waals surface area contributed by atoms with Crippen molar-refractivity contribution in [2.75, 3.05) is 7.11 Å². The van der Waals surface area contributed by atoms with Crippen LogP contribution < -0.4 is 4.74 Å². The van der Waals surface area contributed by atoms with Gasteiger partial charge in [0.15, 0.2) is 0 Å². The Kier molecular flexibility index (Phi) is 5.50. The van der Waals surface area contributed by atoms with Gasteiger partial charge < -0.3 is 9.30 Å². The van der Waals surface area contributed by atoms with Crippen molar-refractivity contribution in [1.82, 2.24) is 8.87 Å². The Morgan fingerprint density at radius 1 is 1.15 bits per heavy atom. The highest BCUT2D eigenvalue weighted by molar-refractivity contribution is 7.89. The Morgan fingerprint density at radius 3 is 2.54 bits per heavy atom.